The first-order valence-corrected chi connectivity index (χ1v) is 5.90. The van der Waals surface area contributed by atoms with E-state index in [4.69, 9.17) is 4.74 Å². The molecule has 0 aliphatic carbocycles. The number of nitrogens with zero attached hydrogens (tertiary/aromatic N) is 1. The van der Waals surface area contributed by atoms with Gasteiger partial charge in [-0.2, -0.15) is 0 Å². The van der Waals surface area contributed by atoms with E-state index < -0.39 is 0 Å². The van der Waals surface area contributed by atoms with Crippen LogP contribution in [-0.2, 0) is 0 Å². The first kappa shape index (κ1) is 11.5. The molecule has 0 spiro atoms. The minimum Gasteiger partial charge on any atom is -0.497 e. The molecule has 0 saturated carbocycles. The number of methoxy groups -OCH3 is 1. The van der Waals surface area contributed by atoms with Crippen LogP contribution in [0.1, 0.15) is 0 Å². The summed E-state index contributed by atoms with van der Waals surface area (Å²) in [5.41, 5.74) is 2.65. The molecule has 94 valence electrons. The van der Waals surface area contributed by atoms with Crippen LogP contribution < -0.4 is 10.3 Å². The number of ether oxygens (including phenoxy) is 1. The molecule has 19 heavy (non-hydrogen) atoms. The number of nitrogens with one attached hydrogen (secondary N) is 1. The molecule has 0 atom stereocenters. The summed E-state index contributed by atoms with van der Waals surface area (Å²) < 4.78 is 5.13. The minimum absolute atomic E-state index is 0.119. The number of H-pyrrole nitrogens is 1. The minimum atomic E-state index is -0.119. The molecule has 0 radical (unpaired) electrons. The van der Waals surface area contributed by atoms with Crippen molar-refractivity contribution in [2.24, 2.45) is 0 Å². The van der Waals surface area contributed by atoms with E-state index in [1.165, 1.54) is 6.33 Å². The van der Waals surface area contributed by atoms with Crippen LogP contribution in [0, 0.1) is 0 Å². The molecular weight excluding hydrogens is 240 g/mol. The van der Waals surface area contributed by atoms with Crippen LogP contribution >= 0.6 is 0 Å². The predicted molar refractivity (Wildman–Crippen MR) is 74.4 cm³/mol. The molecule has 3 rings (SSSR count). The van der Waals surface area contributed by atoms with Crippen molar-refractivity contribution in [3.63, 3.8) is 0 Å². The Morgan fingerprint density at radius 1 is 1.05 bits per heavy atom. The highest BCUT2D eigenvalue weighted by Gasteiger charge is 2.03. The maximum absolute atomic E-state index is 11.6. The molecule has 4 heteroatoms. The summed E-state index contributed by atoms with van der Waals surface area (Å²) in [5.74, 6) is 0.819. The lowest BCUT2D eigenvalue weighted by Crippen LogP contribution is -2.05. The quantitative estimate of drug-likeness (QED) is 0.762. The summed E-state index contributed by atoms with van der Waals surface area (Å²) in [6.45, 7) is 0. The predicted octanol–water partition coefficient (Wildman–Crippen LogP) is 2.60. The van der Waals surface area contributed by atoms with Gasteiger partial charge in [0.05, 0.1) is 24.3 Å². The van der Waals surface area contributed by atoms with Gasteiger partial charge in [-0.25, -0.2) is 4.98 Å². The molecule has 0 aliphatic rings. The summed E-state index contributed by atoms with van der Waals surface area (Å²) in [4.78, 5) is 18.3. The molecule has 0 bridgehead atoms. The number of fused-ring (bicyclic) bond motifs is 1. The molecule has 2 aromatic carbocycles. The number of hydrogen-bond donors (Lipinski definition) is 1. The molecule has 1 N–H and O–H groups in total. The smallest absolute Gasteiger partial charge is 0.258 e. The average Bonchev–Trinajstić information content (AvgIpc) is 2.47. The summed E-state index contributed by atoms with van der Waals surface area (Å²) in [6, 6.07) is 13.4. The van der Waals surface area contributed by atoms with Gasteiger partial charge in [-0.05, 0) is 35.4 Å². The normalized spacial score (nSPS) is 10.6. The lowest BCUT2D eigenvalue weighted by Gasteiger charge is -2.04. The average molecular weight is 252 g/mol. The second kappa shape index (κ2) is 4.57. The Morgan fingerprint density at radius 2 is 1.79 bits per heavy atom. The fourth-order valence-corrected chi connectivity index (χ4v) is 2.03. The molecule has 1 aromatic heterocycles. The van der Waals surface area contributed by atoms with Crippen LogP contribution in [0.15, 0.2) is 53.6 Å². The summed E-state index contributed by atoms with van der Waals surface area (Å²) >= 11 is 0. The third-order valence-electron chi connectivity index (χ3n) is 3.06. The van der Waals surface area contributed by atoms with Crippen molar-refractivity contribution >= 4 is 10.9 Å². The van der Waals surface area contributed by atoms with Gasteiger partial charge >= 0.3 is 0 Å². The van der Waals surface area contributed by atoms with Crippen LogP contribution in [0.5, 0.6) is 5.75 Å². The molecule has 0 fully saturated rings. The maximum atomic E-state index is 11.6. The molecule has 0 amide bonds. The Morgan fingerprint density at radius 3 is 2.53 bits per heavy atom. The number of aromatic amines is 1. The lowest BCUT2D eigenvalue weighted by molar-refractivity contribution is 0.415. The zero-order chi connectivity index (χ0) is 13.2. The van der Waals surface area contributed by atoms with Gasteiger partial charge in [-0.3, -0.25) is 4.79 Å². The van der Waals surface area contributed by atoms with Crippen molar-refractivity contribution in [3.8, 4) is 16.9 Å². The van der Waals surface area contributed by atoms with Crippen molar-refractivity contribution in [1.82, 2.24) is 9.97 Å². The zero-order valence-electron chi connectivity index (χ0n) is 10.4. The van der Waals surface area contributed by atoms with Gasteiger partial charge in [0, 0.05) is 0 Å². The van der Waals surface area contributed by atoms with E-state index in [0.717, 1.165) is 16.9 Å². The Kier molecular flexibility index (Phi) is 2.76. The van der Waals surface area contributed by atoms with Crippen LogP contribution in [0.25, 0.3) is 22.0 Å². The standard InChI is InChI=1S/C15H12N2O2/c1-19-12-5-2-10(3-6-12)11-4-7-13-14(8-11)16-9-17-15(13)18/h2-9H,1H3,(H,16,17,18). The third-order valence-corrected chi connectivity index (χ3v) is 3.06. The molecule has 0 unspecified atom stereocenters. The van der Waals surface area contributed by atoms with E-state index in [2.05, 4.69) is 9.97 Å². The SMILES string of the molecule is COc1ccc(-c2ccc3c(=O)[nH]cnc3c2)cc1. The third kappa shape index (κ3) is 2.08. The number of hydrogen-bond acceptors (Lipinski definition) is 3. The van der Waals surface area contributed by atoms with Gasteiger partial charge in [0.15, 0.2) is 0 Å². The van der Waals surface area contributed by atoms with E-state index in [1.54, 1.807) is 13.2 Å². The number of benzene rings is 2. The Balaban J connectivity index is 2.12. The van der Waals surface area contributed by atoms with Crippen LogP contribution in [0.2, 0.25) is 0 Å². The van der Waals surface area contributed by atoms with Gasteiger partial charge in [-0.1, -0.05) is 18.2 Å². The monoisotopic (exact) mass is 252 g/mol. The van der Waals surface area contributed by atoms with Gasteiger partial charge in [0.25, 0.3) is 5.56 Å². The lowest BCUT2D eigenvalue weighted by atomic mass is 10.0. The molecule has 0 aliphatic heterocycles. The van der Waals surface area contributed by atoms with Crippen LogP contribution in [-0.4, -0.2) is 17.1 Å². The number of rotatable bonds is 2. The molecule has 1 heterocycles. The largest absolute Gasteiger partial charge is 0.497 e. The van der Waals surface area contributed by atoms with E-state index >= 15 is 0 Å². The van der Waals surface area contributed by atoms with Crippen molar-refractivity contribution in [2.75, 3.05) is 7.11 Å². The van der Waals surface area contributed by atoms with Gasteiger partial charge in [0.2, 0.25) is 0 Å². The summed E-state index contributed by atoms with van der Waals surface area (Å²) in [6.07, 6.45) is 1.42. The van der Waals surface area contributed by atoms with Gasteiger partial charge in [-0.15, -0.1) is 0 Å². The first-order chi connectivity index (χ1) is 9.28. The Labute approximate surface area is 109 Å². The second-order valence-corrected chi connectivity index (χ2v) is 4.19. The van der Waals surface area contributed by atoms with Crippen LogP contribution in [0.3, 0.4) is 0 Å². The van der Waals surface area contributed by atoms with Crippen molar-refractivity contribution < 1.29 is 4.74 Å². The van der Waals surface area contributed by atoms with Crippen molar-refractivity contribution in [3.05, 3.63) is 59.1 Å². The maximum Gasteiger partial charge on any atom is 0.258 e. The van der Waals surface area contributed by atoms with Gasteiger partial charge < -0.3 is 9.72 Å². The second-order valence-electron chi connectivity index (χ2n) is 4.19. The molecule has 0 saturated heterocycles. The van der Waals surface area contributed by atoms with Crippen molar-refractivity contribution in [1.29, 1.82) is 0 Å². The molecule has 4 nitrogen and oxygen atoms in total. The molecule has 3 aromatic rings. The summed E-state index contributed by atoms with van der Waals surface area (Å²) in [5, 5.41) is 0.597. The highest BCUT2D eigenvalue weighted by molar-refractivity contribution is 5.83. The van der Waals surface area contributed by atoms with Gasteiger partial charge in [0.1, 0.15) is 5.75 Å². The van der Waals surface area contributed by atoms with Crippen molar-refractivity contribution in [2.45, 2.75) is 0 Å². The van der Waals surface area contributed by atoms with E-state index in [1.807, 2.05) is 36.4 Å². The number of aromatic nitrogens is 2. The zero-order valence-corrected chi connectivity index (χ0v) is 10.4. The van der Waals surface area contributed by atoms with E-state index in [0.29, 0.717) is 10.9 Å². The fourth-order valence-electron chi connectivity index (χ4n) is 2.03. The fraction of sp³-hybridized carbons (Fsp3) is 0.0667. The molecular formula is C15H12N2O2. The first-order valence-electron chi connectivity index (χ1n) is 5.90. The summed E-state index contributed by atoms with van der Waals surface area (Å²) in [7, 11) is 1.64. The Hall–Kier alpha value is -2.62. The van der Waals surface area contributed by atoms with E-state index in [9.17, 15) is 4.79 Å². The highest BCUT2D eigenvalue weighted by Crippen LogP contribution is 2.24. The van der Waals surface area contributed by atoms with E-state index in [-0.39, 0.29) is 5.56 Å². The highest BCUT2D eigenvalue weighted by atomic mass is 16.5. The Bertz CT molecular complexity index is 776. The van der Waals surface area contributed by atoms with Crippen LogP contribution in [0.4, 0.5) is 0 Å². The topological polar surface area (TPSA) is 55.0 Å².